The molecule has 1 saturated heterocycles. The van der Waals surface area contributed by atoms with Gasteiger partial charge in [0.1, 0.15) is 16.9 Å². The third-order valence-corrected chi connectivity index (χ3v) is 8.00. The number of amides is 1. The van der Waals surface area contributed by atoms with E-state index in [4.69, 9.17) is 4.74 Å². The minimum atomic E-state index is -0.134. The van der Waals surface area contributed by atoms with E-state index in [0.29, 0.717) is 11.6 Å². The normalized spacial score (nSPS) is 17.2. The summed E-state index contributed by atoms with van der Waals surface area (Å²) in [6.45, 7) is 6.55. The van der Waals surface area contributed by atoms with Crippen molar-refractivity contribution < 1.29 is 9.53 Å². The van der Waals surface area contributed by atoms with Gasteiger partial charge in [-0.2, -0.15) is 0 Å². The molecule has 6 nitrogen and oxygen atoms in total. The quantitative estimate of drug-likeness (QED) is 0.394. The van der Waals surface area contributed by atoms with Crippen LogP contribution in [0, 0.1) is 6.92 Å². The van der Waals surface area contributed by atoms with Crippen molar-refractivity contribution in [1.82, 2.24) is 20.9 Å². The smallest absolute Gasteiger partial charge is 0.252 e. The van der Waals surface area contributed by atoms with Crippen molar-refractivity contribution in [3.8, 4) is 16.3 Å². The summed E-state index contributed by atoms with van der Waals surface area (Å²) < 4.78 is 5.95. The molecule has 2 aliphatic rings. The molecule has 2 aromatic carbocycles. The number of benzene rings is 2. The molecule has 1 aliphatic carbocycles. The first-order valence-electron chi connectivity index (χ1n) is 12.6. The molecule has 7 heteroatoms. The summed E-state index contributed by atoms with van der Waals surface area (Å²) in [5, 5.41) is 11.0. The lowest BCUT2D eigenvalue weighted by molar-refractivity contribution is 0.0937. The number of rotatable bonds is 9. The number of hydrogen-bond donors (Lipinski definition) is 3. The zero-order valence-corrected chi connectivity index (χ0v) is 21.3. The molecule has 2 fully saturated rings. The summed E-state index contributed by atoms with van der Waals surface area (Å²) in [6.07, 6.45) is 7.41. The van der Waals surface area contributed by atoms with Gasteiger partial charge in [-0.1, -0.05) is 37.1 Å². The Kier molecular flexibility index (Phi) is 7.46. The van der Waals surface area contributed by atoms with Crippen molar-refractivity contribution in [2.75, 3.05) is 13.1 Å². The van der Waals surface area contributed by atoms with Crippen LogP contribution < -0.4 is 20.7 Å². The van der Waals surface area contributed by atoms with E-state index in [-0.39, 0.29) is 18.1 Å². The highest BCUT2D eigenvalue weighted by Gasteiger charge is 2.20. The number of aryl methyl sites for hydroxylation is 1. The van der Waals surface area contributed by atoms with Gasteiger partial charge in [0.15, 0.2) is 0 Å². The van der Waals surface area contributed by atoms with E-state index in [9.17, 15) is 4.79 Å². The molecular weight excluding hydrogens is 456 g/mol. The Balaban J connectivity index is 1.23. The van der Waals surface area contributed by atoms with Gasteiger partial charge in [-0.3, -0.25) is 4.79 Å². The van der Waals surface area contributed by atoms with E-state index in [1.165, 1.54) is 30.6 Å². The SMILES string of the molecule is Cc1ccc(OC2CNC2)cc1C(=O)NC(C)c1cccc(-c2ncc(CNC3CCCC3)s2)c1. The maximum atomic E-state index is 13.1. The molecule has 2 heterocycles. The highest BCUT2D eigenvalue weighted by atomic mass is 32.1. The lowest BCUT2D eigenvalue weighted by atomic mass is 10.0. The van der Waals surface area contributed by atoms with E-state index in [1.54, 1.807) is 11.3 Å². The van der Waals surface area contributed by atoms with E-state index >= 15 is 0 Å². The lowest BCUT2D eigenvalue weighted by Crippen LogP contribution is -2.50. The maximum absolute atomic E-state index is 13.1. The number of carbonyl (C=O) groups is 1. The van der Waals surface area contributed by atoms with Crippen molar-refractivity contribution in [3.05, 3.63) is 70.2 Å². The fourth-order valence-corrected chi connectivity index (χ4v) is 5.51. The Morgan fingerprint density at radius 2 is 2.03 bits per heavy atom. The van der Waals surface area contributed by atoms with Gasteiger partial charge in [-0.25, -0.2) is 4.98 Å². The third-order valence-electron chi connectivity index (χ3n) is 6.96. The molecule has 1 aromatic heterocycles. The molecule has 3 N–H and O–H groups in total. The first-order chi connectivity index (χ1) is 17.0. The van der Waals surface area contributed by atoms with Crippen molar-refractivity contribution in [3.63, 3.8) is 0 Å². The third kappa shape index (κ3) is 5.92. The molecule has 184 valence electrons. The monoisotopic (exact) mass is 490 g/mol. The maximum Gasteiger partial charge on any atom is 0.252 e. The van der Waals surface area contributed by atoms with Crippen molar-refractivity contribution >= 4 is 17.2 Å². The number of thiazole rings is 1. The van der Waals surface area contributed by atoms with Crippen LogP contribution in [0.2, 0.25) is 0 Å². The standard InChI is InChI=1S/C28H34N4O2S/c1-18-10-11-23(34-24-14-29-15-24)13-26(18)27(33)32-19(2)20-6-5-7-21(12-20)28-31-17-25(35-28)16-30-22-8-3-4-9-22/h5-7,10-13,17,19,22,24,29-30H,3-4,8-9,14-16H2,1-2H3,(H,32,33). The number of nitrogens with zero attached hydrogens (tertiary/aromatic N) is 1. The van der Waals surface area contributed by atoms with Gasteiger partial charge >= 0.3 is 0 Å². The van der Waals surface area contributed by atoms with Gasteiger partial charge in [0.25, 0.3) is 5.91 Å². The van der Waals surface area contributed by atoms with Crippen molar-refractivity contribution in [1.29, 1.82) is 0 Å². The van der Waals surface area contributed by atoms with E-state index in [0.717, 1.165) is 47.1 Å². The summed E-state index contributed by atoms with van der Waals surface area (Å²) in [5.74, 6) is 0.649. The second-order valence-corrected chi connectivity index (χ2v) is 10.8. The number of ether oxygens (including phenoxy) is 1. The van der Waals surface area contributed by atoms with Gasteiger partial charge in [0, 0.05) is 47.9 Å². The second-order valence-electron chi connectivity index (χ2n) is 9.69. The molecule has 1 saturated carbocycles. The van der Waals surface area contributed by atoms with Gasteiger partial charge in [-0.15, -0.1) is 11.3 Å². The van der Waals surface area contributed by atoms with Crippen molar-refractivity contribution in [2.24, 2.45) is 0 Å². The van der Waals surface area contributed by atoms with Crippen LogP contribution in [0.4, 0.5) is 0 Å². The summed E-state index contributed by atoms with van der Waals surface area (Å²) in [4.78, 5) is 19.0. The summed E-state index contributed by atoms with van der Waals surface area (Å²) >= 11 is 1.74. The van der Waals surface area contributed by atoms with Crippen LogP contribution >= 0.6 is 11.3 Å². The first-order valence-corrected chi connectivity index (χ1v) is 13.4. The predicted octanol–water partition coefficient (Wildman–Crippen LogP) is 4.99. The molecule has 0 spiro atoms. The minimum absolute atomic E-state index is 0.0906. The molecular formula is C28H34N4O2S. The molecule has 1 amide bonds. The lowest BCUT2D eigenvalue weighted by Gasteiger charge is -2.28. The number of carbonyl (C=O) groups excluding carboxylic acids is 1. The van der Waals surface area contributed by atoms with Gasteiger partial charge < -0.3 is 20.7 Å². The number of aromatic nitrogens is 1. The Bertz CT molecular complexity index is 1170. The second kappa shape index (κ2) is 10.9. The van der Waals surface area contributed by atoms with E-state index in [2.05, 4.69) is 39.1 Å². The van der Waals surface area contributed by atoms with E-state index < -0.39 is 0 Å². The van der Waals surface area contributed by atoms with Crippen molar-refractivity contribution in [2.45, 2.75) is 64.3 Å². The zero-order valence-electron chi connectivity index (χ0n) is 20.5. The average Bonchev–Trinajstić information content (AvgIpc) is 3.53. The van der Waals surface area contributed by atoms with Crippen LogP contribution in [0.25, 0.3) is 10.6 Å². The molecule has 0 bridgehead atoms. The van der Waals surface area contributed by atoms with Gasteiger partial charge in [0.05, 0.1) is 6.04 Å². The number of nitrogens with one attached hydrogen (secondary N) is 3. The highest BCUT2D eigenvalue weighted by molar-refractivity contribution is 7.15. The summed E-state index contributed by atoms with van der Waals surface area (Å²) in [7, 11) is 0. The van der Waals surface area contributed by atoms with E-state index in [1.807, 2.05) is 44.3 Å². The van der Waals surface area contributed by atoms with Gasteiger partial charge in [0.2, 0.25) is 0 Å². The fourth-order valence-electron chi connectivity index (χ4n) is 4.65. The van der Waals surface area contributed by atoms with Crippen LogP contribution in [0.5, 0.6) is 5.75 Å². The zero-order chi connectivity index (χ0) is 24.2. The first kappa shape index (κ1) is 24.0. The Labute approximate surface area is 211 Å². The Hall–Kier alpha value is -2.74. The molecule has 1 atom stereocenters. The fraction of sp³-hybridized carbons (Fsp3) is 0.429. The molecule has 5 rings (SSSR count). The molecule has 0 radical (unpaired) electrons. The average molecular weight is 491 g/mol. The largest absolute Gasteiger partial charge is 0.488 e. The molecule has 1 aliphatic heterocycles. The highest BCUT2D eigenvalue weighted by Crippen LogP contribution is 2.28. The van der Waals surface area contributed by atoms with Crippen LogP contribution in [0.3, 0.4) is 0 Å². The van der Waals surface area contributed by atoms with Crippen LogP contribution in [0.15, 0.2) is 48.7 Å². The Morgan fingerprint density at radius 1 is 1.20 bits per heavy atom. The van der Waals surface area contributed by atoms with Crippen LogP contribution in [-0.2, 0) is 6.54 Å². The molecule has 35 heavy (non-hydrogen) atoms. The van der Waals surface area contributed by atoms with Gasteiger partial charge in [-0.05, 0) is 56.0 Å². The Morgan fingerprint density at radius 3 is 2.80 bits per heavy atom. The number of hydrogen-bond acceptors (Lipinski definition) is 6. The molecule has 1 unspecified atom stereocenters. The topological polar surface area (TPSA) is 75.3 Å². The summed E-state index contributed by atoms with van der Waals surface area (Å²) in [6, 6.07) is 14.6. The summed E-state index contributed by atoms with van der Waals surface area (Å²) in [5.41, 5.74) is 3.73. The predicted molar refractivity (Wildman–Crippen MR) is 141 cm³/mol. The molecule has 3 aromatic rings. The minimum Gasteiger partial charge on any atom is -0.488 e. The van der Waals surface area contributed by atoms with Crippen LogP contribution in [0.1, 0.15) is 65.0 Å². The van der Waals surface area contributed by atoms with Crippen LogP contribution in [-0.4, -0.2) is 36.1 Å².